The molecule has 6 nitrogen and oxygen atoms in total. The second kappa shape index (κ2) is 10.4. The molecule has 2 aliphatic rings. The zero-order valence-electron chi connectivity index (χ0n) is 21.9. The van der Waals surface area contributed by atoms with Crippen LogP contribution in [0.1, 0.15) is 34.0 Å². The van der Waals surface area contributed by atoms with Gasteiger partial charge in [0, 0.05) is 42.2 Å². The van der Waals surface area contributed by atoms with E-state index in [2.05, 4.69) is 52.3 Å². The number of nitrogens with one attached hydrogen (secondary N) is 1. The Kier molecular flexibility index (Phi) is 6.64. The van der Waals surface area contributed by atoms with E-state index in [1.165, 1.54) is 16.5 Å². The maximum Gasteiger partial charge on any atom is 0.247 e. The predicted octanol–water partition coefficient (Wildman–Crippen LogP) is 5.23. The van der Waals surface area contributed by atoms with Crippen molar-refractivity contribution in [2.45, 2.75) is 18.9 Å². The van der Waals surface area contributed by atoms with Crippen molar-refractivity contribution in [1.29, 1.82) is 0 Å². The van der Waals surface area contributed by atoms with E-state index in [0.717, 1.165) is 53.2 Å². The standard InChI is InChI=1S/C32H33N3O3/c1-34(2)18-20-37-25-11-7-22(8-12-25)9-14-30(36)35-17-15-27-26-5-3-4-6-28(26)33-31(27)32(35)24-10-13-29-23(21-24)16-19-38-29/h3-14,21,32-33H,15-20H2,1-2H3/b14-9+. The van der Waals surface area contributed by atoms with Gasteiger partial charge in [-0.15, -0.1) is 0 Å². The van der Waals surface area contributed by atoms with Gasteiger partial charge in [0.05, 0.1) is 12.6 Å². The third-order valence-corrected chi connectivity index (χ3v) is 7.45. The smallest absolute Gasteiger partial charge is 0.247 e. The van der Waals surface area contributed by atoms with E-state index >= 15 is 0 Å². The molecule has 1 unspecified atom stereocenters. The first-order valence-electron chi connectivity index (χ1n) is 13.3. The molecule has 2 aliphatic heterocycles. The minimum absolute atomic E-state index is 0.00219. The highest BCUT2D eigenvalue weighted by Gasteiger charge is 2.34. The first kappa shape index (κ1) is 24.3. The van der Waals surface area contributed by atoms with E-state index in [-0.39, 0.29) is 11.9 Å². The van der Waals surface area contributed by atoms with E-state index in [1.807, 2.05) is 49.3 Å². The van der Waals surface area contributed by atoms with Gasteiger partial charge < -0.3 is 24.3 Å². The van der Waals surface area contributed by atoms with Crippen LogP contribution in [0, 0.1) is 0 Å². The van der Waals surface area contributed by atoms with Crippen molar-refractivity contribution in [3.63, 3.8) is 0 Å². The van der Waals surface area contributed by atoms with Crippen molar-refractivity contribution in [2.75, 3.05) is 40.4 Å². The van der Waals surface area contributed by atoms with E-state index in [9.17, 15) is 4.79 Å². The summed E-state index contributed by atoms with van der Waals surface area (Å²) in [6.07, 6.45) is 5.31. The molecule has 0 saturated carbocycles. The van der Waals surface area contributed by atoms with Crippen LogP contribution in [0.2, 0.25) is 0 Å². The van der Waals surface area contributed by atoms with Crippen LogP contribution in [0.3, 0.4) is 0 Å². The first-order valence-corrected chi connectivity index (χ1v) is 13.3. The number of benzene rings is 3. The molecule has 0 radical (unpaired) electrons. The fourth-order valence-electron chi connectivity index (χ4n) is 5.49. The molecule has 38 heavy (non-hydrogen) atoms. The lowest BCUT2D eigenvalue weighted by atomic mass is 9.91. The first-order chi connectivity index (χ1) is 18.6. The summed E-state index contributed by atoms with van der Waals surface area (Å²) >= 11 is 0. The molecule has 1 amide bonds. The second-order valence-electron chi connectivity index (χ2n) is 10.3. The number of aromatic amines is 1. The number of carbonyl (C=O) groups is 1. The molecule has 6 heteroatoms. The Balaban J connectivity index is 1.27. The van der Waals surface area contributed by atoms with Crippen LogP contribution in [-0.4, -0.2) is 61.1 Å². The van der Waals surface area contributed by atoms with Gasteiger partial charge in [-0.05, 0) is 79.2 Å². The van der Waals surface area contributed by atoms with E-state index in [1.54, 1.807) is 6.08 Å². The number of amides is 1. The Morgan fingerprint density at radius 3 is 2.79 bits per heavy atom. The number of fused-ring (bicyclic) bond motifs is 4. The Morgan fingerprint density at radius 1 is 1.11 bits per heavy atom. The fourth-order valence-corrected chi connectivity index (χ4v) is 5.49. The molecule has 6 rings (SSSR count). The highest BCUT2D eigenvalue weighted by molar-refractivity contribution is 5.93. The second-order valence-corrected chi connectivity index (χ2v) is 10.3. The third-order valence-electron chi connectivity index (χ3n) is 7.45. The number of rotatable bonds is 7. The molecule has 1 atom stereocenters. The highest BCUT2D eigenvalue weighted by atomic mass is 16.5. The average Bonchev–Trinajstić information content (AvgIpc) is 3.55. The number of ether oxygens (including phenoxy) is 2. The third kappa shape index (κ3) is 4.79. The quantitative estimate of drug-likeness (QED) is 0.348. The SMILES string of the molecule is CN(C)CCOc1ccc(/C=C/C(=O)N2CCc3c([nH]c4ccccc34)C2c2ccc3c(c2)CCO3)cc1. The van der Waals surface area contributed by atoms with Crippen molar-refractivity contribution in [2.24, 2.45) is 0 Å². The topological polar surface area (TPSA) is 57.8 Å². The molecule has 0 saturated heterocycles. The largest absolute Gasteiger partial charge is 0.493 e. The zero-order chi connectivity index (χ0) is 26.1. The van der Waals surface area contributed by atoms with Crippen LogP contribution in [0.25, 0.3) is 17.0 Å². The molecule has 0 spiro atoms. The molecular weight excluding hydrogens is 474 g/mol. The lowest BCUT2D eigenvalue weighted by molar-refractivity contribution is -0.128. The van der Waals surface area contributed by atoms with Crippen LogP contribution in [0.4, 0.5) is 0 Å². The molecular formula is C32H33N3O3. The van der Waals surface area contributed by atoms with Crippen LogP contribution in [-0.2, 0) is 17.6 Å². The lowest BCUT2D eigenvalue weighted by Crippen LogP contribution is -2.39. The maximum atomic E-state index is 13.7. The summed E-state index contributed by atoms with van der Waals surface area (Å²) in [5.74, 6) is 1.79. The maximum absolute atomic E-state index is 13.7. The van der Waals surface area contributed by atoms with Crippen LogP contribution in [0.5, 0.6) is 11.5 Å². The number of H-pyrrole nitrogens is 1. The number of para-hydroxylation sites is 1. The van der Waals surface area contributed by atoms with Crippen LogP contribution in [0.15, 0.2) is 72.8 Å². The number of carbonyl (C=O) groups excluding carboxylic acids is 1. The highest BCUT2D eigenvalue weighted by Crippen LogP contribution is 2.40. The van der Waals surface area contributed by atoms with Crippen molar-refractivity contribution in [3.8, 4) is 11.5 Å². The van der Waals surface area contributed by atoms with Crippen molar-refractivity contribution in [1.82, 2.24) is 14.8 Å². The van der Waals surface area contributed by atoms with Gasteiger partial charge in [-0.25, -0.2) is 0 Å². The summed E-state index contributed by atoms with van der Waals surface area (Å²) < 4.78 is 11.5. The number of aromatic nitrogens is 1. The summed E-state index contributed by atoms with van der Waals surface area (Å²) in [4.78, 5) is 21.4. The monoisotopic (exact) mass is 507 g/mol. The predicted molar refractivity (Wildman–Crippen MR) is 151 cm³/mol. The van der Waals surface area contributed by atoms with Gasteiger partial charge in [0.25, 0.3) is 0 Å². The summed E-state index contributed by atoms with van der Waals surface area (Å²) in [5.41, 5.74) is 6.82. The van der Waals surface area contributed by atoms with Gasteiger partial charge in [0.2, 0.25) is 5.91 Å². The molecule has 4 aromatic rings. The van der Waals surface area contributed by atoms with Gasteiger partial charge >= 0.3 is 0 Å². The molecule has 0 fully saturated rings. The van der Waals surface area contributed by atoms with E-state index in [4.69, 9.17) is 9.47 Å². The Bertz CT molecular complexity index is 1490. The van der Waals surface area contributed by atoms with Crippen molar-refractivity contribution >= 4 is 22.9 Å². The lowest BCUT2D eigenvalue weighted by Gasteiger charge is -2.36. The molecule has 1 N–H and O–H groups in total. The average molecular weight is 508 g/mol. The van der Waals surface area contributed by atoms with Crippen LogP contribution >= 0.6 is 0 Å². The minimum atomic E-state index is -0.179. The van der Waals surface area contributed by atoms with Crippen molar-refractivity contribution in [3.05, 3.63) is 101 Å². The molecule has 3 aromatic carbocycles. The van der Waals surface area contributed by atoms with Gasteiger partial charge in [0.1, 0.15) is 18.1 Å². The fraction of sp³-hybridized carbons (Fsp3) is 0.281. The summed E-state index contributed by atoms with van der Waals surface area (Å²) in [5, 5.41) is 1.24. The Hall–Kier alpha value is -4.03. The number of hydrogen-bond donors (Lipinski definition) is 1. The van der Waals surface area contributed by atoms with Gasteiger partial charge in [-0.3, -0.25) is 4.79 Å². The number of likely N-dealkylation sites (N-methyl/N-ethyl adjacent to an activating group) is 1. The summed E-state index contributed by atoms with van der Waals surface area (Å²) in [6.45, 7) is 2.88. The van der Waals surface area contributed by atoms with Crippen molar-refractivity contribution < 1.29 is 14.3 Å². The van der Waals surface area contributed by atoms with E-state index < -0.39 is 0 Å². The van der Waals surface area contributed by atoms with Gasteiger partial charge in [-0.2, -0.15) is 0 Å². The normalized spacial score (nSPS) is 16.6. The Labute approximate surface area is 223 Å². The minimum Gasteiger partial charge on any atom is -0.493 e. The Morgan fingerprint density at radius 2 is 1.95 bits per heavy atom. The molecule has 3 heterocycles. The molecule has 1 aromatic heterocycles. The van der Waals surface area contributed by atoms with E-state index in [0.29, 0.717) is 19.8 Å². The molecule has 194 valence electrons. The zero-order valence-corrected chi connectivity index (χ0v) is 21.9. The van der Waals surface area contributed by atoms with Gasteiger partial charge in [0.15, 0.2) is 0 Å². The number of nitrogens with zero attached hydrogens (tertiary/aromatic N) is 2. The summed E-state index contributed by atoms with van der Waals surface area (Å²) in [6, 6.07) is 22.5. The molecule has 0 aliphatic carbocycles. The van der Waals surface area contributed by atoms with Gasteiger partial charge in [-0.1, -0.05) is 36.4 Å². The number of hydrogen-bond acceptors (Lipinski definition) is 4. The summed E-state index contributed by atoms with van der Waals surface area (Å²) in [7, 11) is 4.05. The van der Waals surface area contributed by atoms with Crippen LogP contribution < -0.4 is 9.47 Å². The molecule has 0 bridgehead atoms.